The number of aromatic nitrogens is 2. The van der Waals surface area contributed by atoms with Crippen LogP contribution in [-0.2, 0) is 16.1 Å². The fourth-order valence-corrected chi connectivity index (χ4v) is 1.74. The van der Waals surface area contributed by atoms with Crippen molar-refractivity contribution in [3.05, 3.63) is 42.2 Å². The zero-order chi connectivity index (χ0) is 15.2. The van der Waals surface area contributed by atoms with Gasteiger partial charge in [0, 0.05) is 6.20 Å². The highest BCUT2D eigenvalue weighted by Crippen LogP contribution is 2.18. The van der Waals surface area contributed by atoms with Gasteiger partial charge in [0.1, 0.15) is 12.3 Å². The van der Waals surface area contributed by atoms with E-state index in [2.05, 4.69) is 15.2 Å². The molecule has 0 spiro atoms. The summed E-state index contributed by atoms with van der Waals surface area (Å²) in [5.74, 6) is -0.247. The van der Waals surface area contributed by atoms with Crippen molar-refractivity contribution in [2.45, 2.75) is 6.54 Å². The molecule has 0 radical (unpaired) electrons. The molecule has 2 rings (SSSR count). The van der Waals surface area contributed by atoms with E-state index >= 15 is 0 Å². The second-order valence-electron chi connectivity index (χ2n) is 4.16. The number of methoxy groups -OCH3 is 2. The summed E-state index contributed by atoms with van der Waals surface area (Å²) in [4.78, 5) is 23.3. The normalized spacial score (nSPS) is 10.0. The average Bonchev–Trinajstić information content (AvgIpc) is 2.93. The summed E-state index contributed by atoms with van der Waals surface area (Å²) in [7, 11) is 2.80. The molecule has 0 bridgehead atoms. The van der Waals surface area contributed by atoms with Crippen molar-refractivity contribution in [1.82, 2.24) is 9.78 Å². The summed E-state index contributed by atoms with van der Waals surface area (Å²) in [5, 5.41) is 6.65. The highest BCUT2D eigenvalue weighted by atomic mass is 16.5. The van der Waals surface area contributed by atoms with Crippen molar-refractivity contribution in [2.24, 2.45) is 0 Å². The van der Waals surface area contributed by atoms with Crippen LogP contribution in [0.4, 0.5) is 5.69 Å². The predicted octanol–water partition coefficient (Wildman–Crippen LogP) is 1.32. The van der Waals surface area contributed by atoms with Crippen molar-refractivity contribution in [3.63, 3.8) is 0 Å². The quantitative estimate of drug-likeness (QED) is 0.839. The number of ether oxygens (including phenoxy) is 2. The summed E-state index contributed by atoms with van der Waals surface area (Å²) in [6.45, 7) is -0.0129. The van der Waals surface area contributed by atoms with Crippen molar-refractivity contribution < 1.29 is 19.1 Å². The Morgan fingerprint density at radius 1 is 1.29 bits per heavy atom. The van der Waals surface area contributed by atoms with Crippen LogP contribution in [0.5, 0.6) is 5.75 Å². The molecule has 0 atom stereocenters. The first kappa shape index (κ1) is 14.6. The van der Waals surface area contributed by atoms with E-state index in [9.17, 15) is 9.59 Å². The van der Waals surface area contributed by atoms with Gasteiger partial charge < -0.3 is 14.8 Å². The monoisotopic (exact) mass is 289 g/mol. The molecular formula is C14H15N3O4. The summed E-state index contributed by atoms with van der Waals surface area (Å²) in [6.07, 6.45) is 3.00. The van der Waals surface area contributed by atoms with Gasteiger partial charge >= 0.3 is 5.97 Å². The zero-order valence-electron chi connectivity index (χ0n) is 11.7. The number of carbonyl (C=O) groups is 2. The first-order chi connectivity index (χ1) is 10.1. The Balaban J connectivity index is 2.08. The van der Waals surface area contributed by atoms with Crippen LogP contribution in [0.25, 0.3) is 0 Å². The number of benzene rings is 1. The molecule has 110 valence electrons. The molecule has 7 nitrogen and oxygen atoms in total. The lowest BCUT2D eigenvalue weighted by Crippen LogP contribution is -2.13. The van der Waals surface area contributed by atoms with E-state index < -0.39 is 5.97 Å². The van der Waals surface area contributed by atoms with Crippen LogP contribution in [0.3, 0.4) is 0 Å². The third-order valence-corrected chi connectivity index (χ3v) is 2.76. The van der Waals surface area contributed by atoms with Gasteiger partial charge in [-0.25, -0.2) is 0 Å². The fraction of sp³-hybridized carbons (Fsp3) is 0.214. The number of nitrogens with zero attached hydrogens (tertiary/aromatic N) is 2. The molecule has 7 heteroatoms. The van der Waals surface area contributed by atoms with E-state index in [1.807, 2.05) is 0 Å². The summed E-state index contributed by atoms with van der Waals surface area (Å²) < 4.78 is 11.1. The van der Waals surface area contributed by atoms with Gasteiger partial charge in [0.05, 0.1) is 31.7 Å². The Kier molecular flexibility index (Phi) is 4.55. The maximum absolute atomic E-state index is 12.2. The first-order valence-electron chi connectivity index (χ1n) is 6.17. The smallest absolute Gasteiger partial charge is 0.327 e. The molecule has 21 heavy (non-hydrogen) atoms. The third-order valence-electron chi connectivity index (χ3n) is 2.76. The van der Waals surface area contributed by atoms with E-state index in [1.165, 1.54) is 25.1 Å². The molecule has 2 aromatic rings. The lowest BCUT2D eigenvalue weighted by Gasteiger charge is -2.07. The van der Waals surface area contributed by atoms with Crippen molar-refractivity contribution in [2.75, 3.05) is 19.5 Å². The van der Waals surface area contributed by atoms with Gasteiger partial charge in [0.2, 0.25) is 0 Å². The number of esters is 1. The van der Waals surface area contributed by atoms with Crippen LogP contribution < -0.4 is 10.1 Å². The van der Waals surface area contributed by atoms with Gasteiger partial charge in [0.15, 0.2) is 0 Å². The van der Waals surface area contributed by atoms with Crippen molar-refractivity contribution in [3.8, 4) is 5.75 Å². The molecule has 1 heterocycles. The zero-order valence-corrected chi connectivity index (χ0v) is 11.7. The van der Waals surface area contributed by atoms with Crippen LogP contribution in [0.15, 0.2) is 36.7 Å². The molecule has 0 saturated heterocycles. The molecule has 0 unspecified atom stereocenters. The van der Waals surface area contributed by atoms with Crippen LogP contribution in [-0.4, -0.2) is 35.9 Å². The minimum absolute atomic E-state index is 0.0129. The molecule has 0 aliphatic heterocycles. The minimum atomic E-state index is -0.416. The molecule has 0 fully saturated rings. The van der Waals surface area contributed by atoms with E-state index in [0.29, 0.717) is 17.0 Å². The number of carbonyl (C=O) groups excluding carboxylic acids is 2. The Bertz CT molecular complexity index is 651. The molecule has 1 amide bonds. The number of para-hydroxylation sites is 1. The molecule has 0 aliphatic carbocycles. The molecule has 0 aliphatic rings. The number of hydrogen-bond acceptors (Lipinski definition) is 5. The number of nitrogens with one attached hydrogen (secondary N) is 1. The molecule has 1 aromatic carbocycles. The fourth-order valence-electron chi connectivity index (χ4n) is 1.74. The lowest BCUT2D eigenvalue weighted by molar-refractivity contribution is -0.141. The maximum atomic E-state index is 12.2. The van der Waals surface area contributed by atoms with Crippen LogP contribution >= 0.6 is 0 Å². The topological polar surface area (TPSA) is 82.5 Å². The summed E-state index contributed by atoms with van der Waals surface area (Å²) in [5.41, 5.74) is 0.899. The Morgan fingerprint density at radius 2 is 2.05 bits per heavy atom. The number of hydrogen-bond donors (Lipinski definition) is 1. The third kappa shape index (κ3) is 3.59. The van der Waals surface area contributed by atoms with Gasteiger partial charge in [-0.3, -0.25) is 14.3 Å². The molecule has 1 aromatic heterocycles. The van der Waals surface area contributed by atoms with E-state index in [0.717, 1.165) is 0 Å². The number of amides is 1. The van der Waals surface area contributed by atoms with Crippen molar-refractivity contribution >= 4 is 17.6 Å². The first-order valence-corrected chi connectivity index (χ1v) is 6.17. The Labute approximate surface area is 121 Å². The van der Waals surface area contributed by atoms with Gasteiger partial charge in [-0.05, 0) is 12.1 Å². The molecular weight excluding hydrogens is 274 g/mol. The SMILES string of the molecule is COC(=O)Cn1cc(NC(=O)c2ccccc2OC)cn1. The van der Waals surface area contributed by atoms with Crippen molar-refractivity contribution in [1.29, 1.82) is 0 Å². The highest BCUT2D eigenvalue weighted by Gasteiger charge is 2.13. The Morgan fingerprint density at radius 3 is 2.76 bits per heavy atom. The number of anilines is 1. The maximum Gasteiger partial charge on any atom is 0.327 e. The minimum Gasteiger partial charge on any atom is -0.496 e. The second-order valence-corrected chi connectivity index (χ2v) is 4.16. The standard InChI is InChI=1S/C14H15N3O4/c1-20-12-6-4-3-5-11(12)14(19)16-10-7-15-17(8-10)9-13(18)21-2/h3-8H,9H2,1-2H3,(H,16,19). The average molecular weight is 289 g/mol. The highest BCUT2D eigenvalue weighted by molar-refractivity contribution is 6.06. The van der Waals surface area contributed by atoms with E-state index in [-0.39, 0.29) is 12.5 Å². The summed E-state index contributed by atoms with van der Waals surface area (Å²) >= 11 is 0. The largest absolute Gasteiger partial charge is 0.496 e. The van der Waals surface area contributed by atoms with Gasteiger partial charge in [-0.2, -0.15) is 5.10 Å². The van der Waals surface area contributed by atoms with Crippen LogP contribution in [0.2, 0.25) is 0 Å². The van der Waals surface area contributed by atoms with E-state index in [1.54, 1.807) is 30.5 Å². The van der Waals surface area contributed by atoms with Gasteiger partial charge in [0.25, 0.3) is 5.91 Å². The second kappa shape index (κ2) is 6.56. The predicted molar refractivity (Wildman–Crippen MR) is 75.2 cm³/mol. The van der Waals surface area contributed by atoms with Crippen LogP contribution in [0, 0.1) is 0 Å². The molecule has 0 saturated carbocycles. The Hall–Kier alpha value is -2.83. The lowest BCUT2D eigenvalue weighted by atomic mass is 10.2. The van der Waals surface area contributed by atoms with E-state index in [4.69, 9.17) is 4.74 Å². The summed E-state index contributed by atoms with van der Waals surface area (Å²) in [6, 6.07) is 6.89. The van der Waals surface area contributed by atoms with Gasteiger partial charge in [-0.15, -0.1) is 0 Å². The van der Waals surface area contributed by atoms with Crippen LogP contribution in [0.1, 0.15) is 10.4 Å². The van der Waals surface area contributed by atoms with Gasteiger partial charge in [-0.1, -0.05) is 12.1 Å². The number of rotatable bonds is 5. The molecule has 1 N–H and O–H groups in total.